The average Bonchev–Trinajstić information content (AvgIpc) is 2.76. The van der Waals surface area contributed by atoms with Crippen LogP contribution in [0.1, 0.15) is 24.8 Å². The standard InChI is InChI=1S/C16H23N3O2/c1-19(11-13-2-6-17-7-3-13)12-14-10-16(15(20)21-14)4-8-18-9-5-16/h2-3,6-7,14,18H,4-5,8-12H2,1H3. The fraction of sp³-hybridized carbons (Fsp3) is 0.625. The van der Waals surface area contributed by atoms with Crippen LogP contribution in [0.25, 0.3) is 0 Å². The number of cyclic esters (lactones) is 1. The van der Waals surface area contributed by atoms with Crippen LogP contribution in [0.3, 0.4) is 0 Å². The third kappa shape index (κ3) is 3.24. The van der Waals surface area contributed by atoms with E-state index in [0.717, 1.165) is 45.4 Å². The molecule has 1 atom stereocenters. The molecule has 0 aliphatic carbocycles. The van der Waals surface area contributed by atoms with Crippen LogP contribution in [-0.2, 0) is 16.1 Å². The topological polar surface area (TPSA) is 54.5 Å². The van der Waals surface area contributed by atoms with Crippen LogP contribution in [0, 0.1) is 5.41 Å². The Morgan fingerprint density at radius 2 is 2.10 bits per heavy atom. The van der Waals surface area contributed by atoms with E-state index in [1.807, 2.05) is 24.5 Å². The maximum atomic E-state index is 12.2. The lowest BCUT2D eigenvalue weighted by atomic mass is 9.76. The van der Waals surface area contributed by atoms with E-state index in [4.69, 9.17) is 4.74 Å². The number of nitrogens with one attached hydrogen (secondary N) is 1. The number of rotatable bonds is 4. The number of carbonyl (C=O) groups excluding carboxylic acids is 1. The van der Waals surface area contributed by atoms with E-state index < -0.39 is 0 Å². The van der Waals surface area contributed by atoms with E-state index >= 15 is 0 Å². The van der Waals surface area contributed by atoms with E-state index in [0.29, 0.717) is 0 Å². The first-order valence-electron chi connectivity index (χ1n) is 7.67. The highest BCUT2D eigenvalue weighted by Gasteiger charge is 2.49. The summed E-state index contributed by atoms with van der Waals surface area (Å²) in [6.07, 6.45) is 6.34. The maximum absolute atomic E-state index is 12.2. The number of likely N-dealkylation sites (N-methyl/N-ethyl adjacent to an activating group) is 1. The number of esters is 1. The Balaban J connectivity index is 1.55. The van der Waals surface area contributed by atoms with Crippen molar-refractivity contribution < 1.29 is 9.53 Å². The van der Waals surface area contributed by atoms with Crippen molar-refractivity contribution in [2.75, 3.05) is 26.7 Å². The molecule has 114 valence electrons. The van der Waals surface area contributed by atoms with Crippen molar-refractivity contribution in [3.63, 3.8) is 0 Å². The first-order chi connectivity index (χ1) is 10.2. The minimum Gasteiger partial charge on any atom is -0.461 e. The normalized spacial score (nSPS) is 24.5. The Labute approximate surface area is 125 Å². The molecule has 0 bridgehead atoms. The van der Waals surface area contributed by atoms with Gasteiger partial charge < -0.3 is 10.1 Å². The molecule has 2 saturated heterocycles. The van der Waals surface area contributed by atoms with E-state index in [1.54, 1.807) is 0 Å². The molecule has 1 N–H and O–H groups in total. The van der Waals surface area contributed by atoms with Gasteiger partial charge in [-0.3, -0.25) is 14.7 Å². The Bertz CT molecular complexity index is 486. The molecule has 0 amide bonds. The number of carbonyl (C=O) groups is 1. The smallest absolute Gasteiger partial charge is 0.312 e. The average molecular weight is 289 g/mol. The minimum absolute atomic E-state index is 0.0197. The highest BCUT2D eigenvalue weighted by molar-refractivity contribution is 5.79. The van der Waals surface area contributed by atoms with Gasteiger partial charge in [-0.2, -0.15) is 0 Å². The van der Waals surface area contributed by atoms with E-state index in [2.05, 4.69) is 22.2 Å². The van der Waals surface area contributed by atoms with Gasteiger partial charge in [0.25, 0.3) is 0 Å². The van der Waals surface area contributed by atoms with Crippen LogP contribution in [0.15, 0.2) is 24.5 Å². The number of pyridine rings is 1. The van der Waals surface area contributed by atoms with Crippen LogP contribution >= 0.6 is 0 Å². The highest BCUT2D eigenvalue weighted by Crippen LogP contribution is 2.41. The molecule has 2 aliphatic rings. The van der Waals surface area contributed by atoms with Crippen molar-refractivity contribution in [3.8, 4) is 0 Å². The fourth-order valence-corrected chi connectivity index (χ4v) is 3.46. The van der Waals surface area contributed by atoms with Gasteiger partial charge in [0.1, 0.15) is 6.10 Å². The molecule has 2 aliphatic heterocycles. The van der Waals surface area contributed by atoms with Crippen LogP contribution < -0.4 is 5.32 Å². The molecular weight excluding hydrogens is 266 g/mol. The molecule has 1 spiro atoms. The van der Waals surface area contributed by atoms with Crippen LogP contribution in [0.2, 0.25) is 0 Å². The summed E-state index contributed by atoms with van der Waals surface area (Å²) < 4.78 is 5.64. The molecule has 5 nitrogen and oxygen atoms in total. The SMILES string of the molecule is CN(Cc1ccncc1)CC1CC2(CCNCC2)C(=O)O1. The van der Waals surface area contributed by atoms with Gasteiger partial charge in [-0.15, -0.1) is 0 Å². The molecule has 1 unspecified atom stereocenters. The van der Waals surface area contributed by atoms with E-state index in [-0.39, 0.29) is 17.5 Å². The van der Waals surface area contributed by atoms with Crippen LogP contribution in [0.4, 0.5) is 0 Å². The van der Waals surface area contributed by atoms with E-state index in [9.17, 15) is 4.79 Å². The van der Waals surface area contributed by atoms with Gasteiger partial charge >= 0.3 is 5.97 Å². The second-order valence-corrected chi connectivity index (χ2v) is 6.31. The van der Waals surface area contributed by atoms with Gasteiger partial charge in [0.2, 0.25) is 0 Å². The Morgan fingerprint density at radius 3 is 2.81 bits per heavy atom. The molecular formula is C16H23N3O2. The number of hydrogen-bond acceptors (Lipinski definition) is 5. The minimum atomic E-state index is -0.215. The van der Waals surface area contributed by atoms with Gasteiger partial charge in [-0.1, -0.05) is 0 Å². The van der Waals surface area contributed by atoms with Crippen molar-refractivity contribution in [2.45, 2.75) is 31.9 Å². The second-order valence-electron chi connectivity index (χ2n) is 6.31. The molecule has 0 radical (unpaired) electrons. The molecule has 1 aromatic heterocycles. The zero-order valence-corrected chi connectivity index (χ0v) is 12.5. The molecule has 3 heterocycles. The Kier molecular flexibility index (Phi) is 4.22. The summed E-state index contributed by atoms with van der Waals surface area (Å²) in [7, 11) is 2.07. The summed E-state index contributed by atoms with van der Waals surface area (Å²) in [6, 6.07) is 4.04. The number of piperidine rings is 1. The maximum Gasteiger partial charge on any atom is 0.312 e. The summed E-state index contributed by atoms with van der Waals surface area (Å²) >= 11 is 0. The quantitative estimate of drug-likeness (QED) is 0.844. The number of ether oxygens (including phenoxy) is 1. The summed E-state index contributed by atoms with van der Waals surface area (Å²) in [5, 5.41) is 3.32. The van der Waals surface area contributed by atoms with Crippen molar-refractivity contribution in [1.29, 1.82) is 0 Å². The largest absolute Gasteiger partial charge is 0.461 e. The van der Waals surface area contributed by atoms with Gasteiger partial charge in [-0.05, 0) is 50.7 Å². The van der Waals surface area contributed by atoms with Crippen LogP contribution in [0.5, 0.6) is 0 Å². The van der Waals surface area contributed by atoms with Crippen molar-refractivity contribution >= 4 is 5.97 Å². The molecule has 3 rings (SSSR count). The molecule has 2 fully saturated rings. The molecule has 5 heteroatoms. The van der Waals surface area contributed by atoms with Crippen LogP contribution in [-0.4, -0.2) is 48.6 Å². The number of aromatic nitrogens is 1. The fourth-order valence-electron chi connectivity index (χ4n) is 3.46. The third-order valence-corrected chi connectivity index (χ3v) is 4.60. The predicted molar refractivity (Wildman–Crippen MR) is 79.6 cm³/mol. The lowest BCUT2D eigenvalue weighted by Crippen LogP contribution is -2.39. The summed E-state index contributed by atoms with van der Waals surface area (Å²) in [4.78, 5) is 18.5. The number of hydrogen-bond donors (Lipinski definition) is 1. The van der Waals surface area contributed by atoms with Gasteiger partial charge in [0.15, 0.2) is 0 Å². The zero-order chi connectivity index (χ0) is 14.7. The molecule has 21 heavy (non-hydrogen) atoms. The summed E-state index contributed by atoms with van der Waals surface area (Å²) in [6.45, 7) is 3.50. The van der Waals surface area contributed by atoms with E-state index in [1.165, 1.54) is 5.56 Å². The Hall–Kier alpha value is -1.46. The Morgan fingerprint density at radius 1 is 1.38 bits per heavy atom. The summed E-state index contributed by atoms with van der Waals surface area (Å²) in [5.41, 5.74) is 1.02. The monoisotopic (exact) mass is 289 g/mol. The molecule has 1 aromatic rings. The van der Waals surface area contributed by atoms with Gasteiger partial charge in [-0.25, -0.2) is 0 Å². The third-order valence-electron chi connectivity index (χ3n) is 4.60. The highest BCUT2D eigenvalue weighted by atomic mass is 16.6. The molecule has 0 saturated carbocycles. The predicted octanol–water partition coefficient (Wildman–Crippen LogP) is 1.20. The first-order valence-corrected chi connectivity index (χ1v) is 7.67. The lowest BCUT2D eigenvalue weighted by Gasteiger charge is -2.29. The van der Waals surface area contributed by atoms with Crippen molar-refractivity contribution in [3.05, 3.63) is 30.1 Å². The lowest BCUT2D eigenvalue weighted by molar-refractivity contribution is -0.150. The van der Waals surface area contributed by atoms with Gasteiger partial charge in [0.05, 0.1) is 5.41 Å². The van der Waals surface area contributed by atoms with Crippen molar-refractivity contribution in [1.82, 2.24) is 15.2 Å². The summed E-state index contributed by atoms with van der Waals surface area (Å²) in [5.74, 6) is 0.0197. The molecule has 0 aromatic carbocycles. The number of nitrogens with zero attached hydrogens (tertiary/aromatic N) is 2. The van der Waals surface area contributed by atoms with Crippen molar-refractivity contribution in [2.24, 2.45) is 5.41 Å². The second kappa shape index (κ2) is 6.12. The van der Waals surface area contributed by atoms with Gasteiger partial charge in [0, 0.05) is 31.9 Å². The first kappa shape index (κ1) is 14.5. The zero-order valence-electron chi connectivity index (χ0n) is 12.5.